The zero-order chi connectivity index (χ0) is 13.7. The van der Waals surface area contributed by atoms with Crippen LogP contribution >= 0.6 is 0 Å². The number of ether oxygens (including phenoxy) is 2. The van der Waals surface area contributed by atoms with Gasteiger partial charge in [-0.05, 0) is 37.3 Å². The van der Waals surface area contributed by atoms with E-state index >= 15 is 0 Å². The second-order valence-corrected chi connectivity index (χ2v) is 4.22. The molecule has 0 saturated carbocycles. The Morgan fingerprint density at radius 3 is 2.42 bits per heavy atom. The maximum atomic E-state index is 9.17. The van der Waals surface area contributed by atoms with Crippen molar-refractivity contribution in [2.45, 2.75) is 13.0 Å². The summed E-state index contributed by atoms with van der Waals surface area (Å²) in [5.41, 5.74) is 5.59. The van der Waals surface area contributed by atoms with Crippen molar-refractivity contribution < 1.29 is 14.6 Å². The summed E-state index contributed by atoms with van der Waals surface area (Å²) < 4.78 is 10.9. The normalized spacial score (nSPS) is 11.9. The monoisotopic (exact) mass is 260 g/mol. The Morgan fingerprint density at radius 1 is 1.16 bits per heavy atom. The molecule has 0 aliphatic heterocycles. The zero-order valence-corrected chi connectivity index (χ0v) is 10.6. The lowest BCUT2D eigenvalue weighted by Gasteiger charge is -2.09. The molecule has 3 N–H and O–H groups in total. The van der Waals surface area contributed by atoms with Gasteiger partial charge in [0.25, 0.3) is 0 Å². The fourth-order valence-electron chi connectivity index (χ4n) is 1.38. The number of phenols is 1. The second kappa shape index (κ2) is 6.06. The molecule has 0 aliphatic carbocycles. The van der Waals surface area contributed by atoms with Crippen molar-refractivity contribution in [2.75, 3.05) is 6.61 Å². The van der Waals surface area contributed by atoms with Crippen LogP contribution in [0.4, 0.5) is 0 Å². The zero-order valence-electron chi connectivity index (χ0n) is 10.6. The van der Waals surface area contributed by atoms with Gasteiger partial charge >= 0.3 is 0 Å². The summed E-state index contributed by atoms with van der Waals surface area (Å²) in [6.07, 6.45) is 1.58. The van der Waals surface area contributed by atoms with Crippen LogP contribution < -0.4 is 15.2 Å². The average molecular weight is 260 g/mol. The van der Waals surface area contributed by atoms with Crippen molar-refractivity contribution in [1.29, 1.82) is 0 Å². The van der Waals surface area contributed by atoms with Gasteiger partial charge in [-0.25, -0.2) is 4.98 Å². The first-order valence-electron chi connectivity index (χ1n) is 5.95. The van der Waals surface area contributed by atoms with Gasteiger partial charge in [-0.3, -0.25) is 0 Å². The number of nitrogens with zero attached hydrogens (tertiary/aromatic N) is 1. The van der Waals surface area contributed by atoms with Crippen molar-refractivity contribution in [1.82, 2.24) is 4.98 Å². The molecular weight excluding hydrogens is 244 g/mol. The molecule has 0 amide bonds. The van der Waals surface area contributed by atoms with Gasteiger partial charge in [0.1, 0.15) is 23.9 Å². The lowest BCUT2D eigenvalue weighted by molar-refractivity contribution is 0.294. The van der Waals surface area contributed by atoms with E-state index < -0.39 is 0 Å². The number of pyridine rings is 1. The first kappa shape index (κ1) is 13.2. The van der Waals surface area contributed by atoms with Crippen molar-refractivity contribution in [3.05, 3.63) is 42.6 Å². The van der Waals surface area contributed by atoms with E-state index in [0.717, 1.165) is 0 Å². The first-order valence-corrected chi connectivity index (χ1v) is 5.95. The van der Waals surface area contributed by atoms with Gasteiger partial charge in [0.15, 0.2) is 0 Å². The summed E-state index contributed by atoms with van der Waals surface area (Å²) in [6, 6.07) is 9.89. The molecule has 0 bridgehead atoms. The van der Waals surface area contributed by atoms with Gasteiger partial charge in [-0.2, -0.15) is 0 Å². The third-order valence-electron chi connectivity index (χ3n) is 2.28. The highest BCUT2D eigenvalue weighted by molar-refractivity contribution is 5.33. The number of rotatable bonds is 5. The van der Waals surface area contributed by atoms with E-state index in [4.69, 9.17) is 20.3 Å². The number of nitrogens with two attached hydrogens (primary N) is 1. The van der Waals surface area contributed by atoms with Crippen molar-refractivity contribution >= 4 is 0 Å². The molecule has 5 heteroatoms. The van der Waals surface area contributed by atoms with Gasteiger partial charge in [0, 0.05) is 12.1 Å². The predicted molar refractivity (Wildman–Crippen MR) is 71.6 cm³/mol. The molecule has 0 radical (unpaired) electrons. The lowest BCUT2D eigenvalue weighted by Crippen LogP contribution is -2.23. The van der Waals surface area contributed by atoms with E-state index in [9.17, 15) is 0 Å². The molecule has 19 heavy (non-hydrogen) atoms. The Morgan fingerprint density at radius 2 is 1.84 bits per heavy atom. The summed E-state index contributed by atoms with van der Waals surface area (Å²) in [7, 11) is 0. The molecule has 0 fully saturated rings. The second-order valence-electron chi connectivity index (χ2n) is 4.22. The van der Waals surface area contributed by atoms with Gasteiger partial charge < -0.3 is 20.3 Å². The van der Waals surface area contributed by atoms with Crippen LogP contribution in [0.3, 0.4) is 0 Å². The highest BCUT2D eigenvalue weighted by atomic mass is 16.5. The Labute approximate surface area is 111 Å². The molecule has 100 valence electrons. The molecule has 2 rings (SSSR count). The fraction of sp³-hybridized carbons (Fsp3) is 0.214. The highest BCUT2D eigenvalue weighted by Crippen LogP contribution is 2.22. The van der Waals surface area contributed by atoms with Gasteiger partial charge in [0.2, 0.25) is 5.88 Å². The number of benzene rings is 1. The van der Waals surface area contributed by atoms with Crippen LogP contribution in [0, 0.1) is 0 Å². The van der Waals surface area contributed by atoms with E-state index in [1.165, 1.54) is 0 Å². The summed E-state index contributed by atoms with van der Waals surface area (Å²) in [5, 5.41) is 9.17. The average Bonchev–Trinajstić information content (AvgIpc) is 2.40. The molecule has 0 aliphatic rings. The molecule has 0 spiro atoms. The smallest absolute Gasteiger partial charge is 0.219 e. The van der Waals surface area contributed by atoms with Crippen LogP contribution in [-0.2, 0) is 0 Å². The van der Waals surface area contributed by atoms with Crippen LogP contribution in [-0.4, -0.2) is 22.7 Å². The van der Waals surface area contributed by atoms with Crippen molar-refractivity contribution in [3.63, 3.8) is 0 Å². The van der Waals surface area contributed by atoms with Crippen molar-refractivity contribution in [2.24, 2.45) is 5.73 Å². The molecule has 1 heterocycles. The number of phenolic OH excluding ortho intramolecular Hbond substituents is 1. The topological polar surface area (TPSA) is 77.6 Å². The predicted octanol–water partition coefficient (Wildman–Crippen LogP) is 2.31. The Hall–Kier alpha value is -2.27. The van der Waals surface area contributed by atoms with Gasteiger partial charge in [-0.1, -0.05) is 0 Å². The maximum absolute atomic E-state index is 9.17. The maximum Gasteiger partial charge on any atom is 0.219 e. The summed E-state index contributed by atoms with van der Waals surface area (Å²) in [4.78, 5) is 4.12. The number of hydrogen-bond acceptors (Lipinski definition) is 5. The standard InChI is InChI=1S/C14H16N2O3/c1-10(15)9-18-13-6-7-14(16-8-13)19-12-4-2-11(17)3-5-12/h2-8,10,17H,9,15H2,1H3. The summed E-state index contributed by atoms with van der Waals surface area (Å²) in [6.45, 7) is 2.32. The van der Waals surface area contributed by atoms with E-state index in [1.54, 1.807) is 42.6 Å². The van der Waals surface area contributed by atoms with E-state index in [2.05, 4.69) is 4.98 Å². The molecule has 2 aromatic rings. The molecule has 0 saturated heterocycles. The van der Waals surface area contributed by atoms with Crippen LogP contribution in [0.2, 0.25) is 0 Å². The Kier molecular flexibility index (Phi) is 4.20. The third-order valence-corrected chi connectivity index (χ3v) is 2.28. The number of aromatic hydroxyl groups is 1. The van der Waals surface area contributed by atoms with Crippen molar-refractivity contribution in [3.8, 4) is 23.1 Å². The van der Waals surface area contributed by atoms with Crippen LogP contribution in [0.1, 0.15) is 6.92 Å². The van der Waals surface area contributed by atoms with Gasteiger partial charge in [0.05, 0.1) is 6.20 Å². The minimum absolute atomic E-state index is 0.0204. The first-order chi connectivity index (χ1) is 9.13. The fourth-order valence-corrected chi connectivity index (χ4v) is 1.38. The lowest BCUT2D eigenvalue weighted by atomic mass is 10.3. The highest BCUT2D eigenvalue weighted by Gasteiger charge is 2.01. The molecule has 1 unspecified atom stereocenters. The quantitative estimate of drug-likeness (QED) is 0.862. The van der Waals surface area contributed by atoms with Gasteiger partial charge in [-0.15, -0.1) is 0 Å². The van der Waals surface area contributed by atoms with E-state index in [-0.39, 0.29) is 11.8 Å². The minimum Gasteiger partial charge on any atom is -0.508 e. The number of aromatic nitrogens is 1. The summed E-state index contributed by atoms with van der Waals surface area (Å²) in [5.74, 6) is 1.91. The third kappa shape index (κ3) is 4.15. The van der Waals surface area contributed by atoms with E-state index in [0.29, 0.717) is 24.0 Å². The Balaban J connectivity index is 1.96. The van der Waals surface area contributed by atoms with Crippen LogP contribution in [0.5, 0.6) is 23.1 Å². The molecule has 5 nitrogen and oxygen atoms in total. The molecule has 1 aromatic carbocycles. The minimum atomic E-state index is -0.0204. The largest absolute Gasteiger partial charge is 0.508 e. The number of hydrogen-bond donors (Lipinski definition) is 2. The molecular formula is C14H16N2O3. The van der Waals surface area contributed by atoms with Crippen LogP contribution in [0.15, 0.2) is 42.6 Å². The molecule has 1 aromatic heterocycles. The molecule has 1 atom stereocenters. The Bertz CT molecular complexity index is 509. The van der Waals surface area contributed by atoms with E-state index in [1.807, 2.05) is 6.92 Å². The summed E-state index contributed by atoms with van der Waals surface area (Å²) >= 11 is 0. The SMILES string of the molecule is CC(N)COc1ccc(Oc2ccc(O)cc2)nc1. The van der Waals surface area contributed by atoms with Crippen LogP contribution in [0.25, 0.3) is 0 Å².